The molecule has 33 heavy (non-hydrogen) atoms. The summed E-state index contributed by atoms with van der Waals surface area (Å²) in [5, 5.41) is 8.36. The summed E-state index contributed by atoms with van der Waals surface area (Å²) in [7, 11) is 4.72. The molecule has 0 radical (unpaired) electrons. The molecule has 8 heteroatoms. The normalized spacial score (nSPS) is 10.2. The van der Waals surface area contributed by atoms with E-state index in [4.69, 9.17) is 14.2 Å². The highest BCUT2D eigenvalue weighted by molar-refractivity contribution is 6.06. The molecule has 0 fully saturated rings. The van der Waals surface area contributed by atoms with Crippen LogP contribution in [0.25, 0.3) is 0 Å². The molecule has 3 rings (SSSR count). The molecule has 0 aliphatic rings. The minimum Gasteiger partial charge on any atom is -0.497 e. The van der Waals surface area contributed by atoms with Crippen LogP contribution in [0.1, 0.15) is 15.9 Å². The Morgan fingerprint density at radius 3 is 2.33 bits per heavy atom. The topological polar surface area (TPSA) is 97.9 Å². The van der Waals surface area contributed by atoms with E-state index in [1.54, 1.807) is 69.9 Å². The van der Waals surface area contributed by atoms with Crippen molar-refractivity contribution < 1.29 is 23.8 Å². The Morgan fingerprint density at radius 2 is 1.58 bits per heavy atom. The largest absolute Gasteiger partial charge is 0.497 e. The van der Waals surface area contributed by atoms with E-state index in [1.165, 1.54) is 0 Å². The summed E-state index contributed by atoms with van der Waals surface area (Å²) >= 11 is 0. The van der Waals surface area contributed by atoms with Gasteiger partial charge < -0.3 is 30.2 Å². The summed E-state index contributed by atoms with van der Waals surface area (Å²) in [4.78, 5) is 25.2. The van der Waals surface area contributed by atoms with Crippen molar-refractivity contribution in [3.05, 3.63) is 77.9 Å². The number of anilines is 2. The van der Waals surface area contributed by atoms with Crippen molar-refractivity contribution in [2.24, 2.45) is 0 Å². The fourth-order valence-electron chi connectivity index (χ4n) is 3.23. The van der Waals surface area contributed by atoms with Gasteiger partial charge in [0.2, 0.25) is 0 Å². The smallest absolute Gasteiger partial charge is 0.323 e. The summed E-state index contributed by atoms with van der Waals surface area (Å²) in [5.74, 6) is 1.63. The molecule has 172 valence electrons. The Labute approximate surface area is 192 Å². The van der Waals surface area contributed by atoms with Gasteiger partial charge in [0.25, 0.3) is 5.91 Å². The number of amides is 3. The van der Waals surface area contributed by atoms with Crippen molar-refractivity contribution in [2.75, 3.05) is 38.5 Å². The van der Waals surface area contributed by atoms with Crippen LogP contribution in [0.15, 0.2) is 66.7 Å². The highest BCUT2D eigenvalue weighted by Gasteiger charge is 2.13. The van der Waals surface area contributed by atoms with Gasteiger partial charge in [0, 0.05) is 18.3 Å². The Bertz CT molecular complexity index is 1120. The number of carbonyl (C=O) groups is 2. The van der Waals surface area contributed by atoms with Crippen LogP contribution in [-0.4, -0.2) is 39.8 Å². The number of benzene rings is 3. The Balaban J connectivity index is 1.60. The van der Waals surface area contributed by atoms with Gasteiger partial charge in [-0.15, -0.1) is 0 Å². The zero-order chi connectivity index (χ0) is 23.6. The maximum Gasteiger partial charge on any atom is 0.323 e. The standard InChI is InChI=1S/C25H27N3O5/c1-31-19-8-6-7-18(16-19)27-25(30)28-21-10-5-4-9-20(21)24(29)26-14-13-17-11-12-22(32-2)23(15-17)33-3/h4-12,15-16H,13-14H2,1-3H3,(H,26,29)(H2,27,28,30). The number of hydrogen-bond acceptors (Lipinski definition) is 5. The van der Waals surface area contributed by atoms with Crippen LogP contribution in [0.3, 0.4) is 0 Å². The molecule has 3 N–H and O–H groups in total. The van der Waals surface area contributed by atoms with Gasteiger partial charge in [-0.05, 0) is 48.4 Å². The molecule has 3 aromatic carbocycles. The lowest BCUT2D eigenvalue weighted by molar-refractivity contribution is 0.0955. The second-order valence-electron chi connectivity index (χ2n) is 7.05. The molecule has 0 spiro atoms. The Morgan fingerprint density at radius 1 is 0.788 bits per heavy atom. The van der Waals surface area contributed by atoms with Crippen molar-refractivity contribution in [2.45, 2.75) is 6.42 Å². The van der Waals surface area contributed by atoms with E-state index in [9.17, 15) is 9.59 Å². The van der Waals surface area contributed by atoms with Crippen LogP contribution >= 0.6 is 0 Å². The first-order valence-corrected chi connectivity index (χ1v) is 10.3. The van der Waals surface area contributed by atoms with Crippen molar-refractivity contribution in [1.29, 1.82) is 0 Å². The first-order chi connectivity index (χ1) is 16.0. The zero-order valence-corrected chi connectivity index (χ0v) is 18.8. The molecule has 0 aliphatic carbocycles. The molecular weight excluding hydrogens is 422 g/mol. The summed E-state index contributed by atoms with van der Waals surface area (Å²) in [5.41, 5.74) is 2.34. The van der Waals surface area contributed by atoms with Crippen LogP contribution in [-0.2, 0) is 6.42 Å². The van der Waals surface area contributed by atoms with Crippen LogP contribution in [0.2, 0.25) is 0 Å². The summed E-state index contributed by atoms with van der Waals surface area (Å²) in [6.07, 6.45) is 0.609. The number of urea groups is 1. The fourth-order valence-corrected chi connectivity index (χ4v) is 3.23. The minimum atomic E-state index is -0.464. The van der Waals surface area contributed by atoms with Crippen molar-refractivity contribution in [3.63, 3.8) is 0 Å². The molecule has 0 bridgehead atoms. The summed E-state index contributed by atoms with van der Waals surface area (Å²) < 4.78 is 15.7. The zero-order valence-electron chi connectivity index (χ0n) is 18.8. The number of nitrogens with one attached hydrogen (secondary N) is 3. The molecular formula is C25H27N3O5. The maximum atomic E-state index is 12.8. The highest BCUT2D eigenvalue weighted by Crippen LogP contribution is 2.27. The van der Waals surface area contributed by atoms with Gasteiger partial charge >= 0.3 is 6.03 Å². The van der Waals surface area contributed by atoms with Crippen LogP contribution < -0.4 is 30.2 Å². The van der Waals surface area contributed by atoms with Gasteiger partial charge in [-0.3, -0.25) is 4.79 Å². The third kappa shape index (κ3) is 6.39. The number of ether oxygens (including phenoxy) is 3. The first-order valence-electron chi connectivity index (χ1n) is 10.3. The van der Waals surface area contributed by atoms with Crippen molar-refractivity contribution in [3.8, 4) is 17.2 Å². The lowest BCUT2D eigenvalue weighted by Crippen LogP contribution is -2.28. The fraction of sp³-hybridized carbons (Fsp3) is 0.200. The molecule has 0 saturated heterocycles. The van der Waals surface area contributed by atoms with Gasteiger partial charge in [-0.25, -0.2) is 4.79 Å². The molecule has 0 aliphatic heterocycles. The minimum absolute atomic E-state index is 0.284. The average Bonchev–Trinajstić information content (AvgIpc) is 2.84. The van der Waals surface area contributed by atoms with Crippen molar-refractivity contribution in [1.82, 2.24) is 5.32 Å². The number of carbonyl (C=O) groups excluding carboxylic acids is 2. The van der Waals surface area contributed by atoms with Crippen molar-refractivity contribution >= 4 is 23.3 Å². The van der Waals surface area contributed by atoms with Crippen LogP contribution in [0, 0.1) is 0 Å². The van der Waals surface area contributed by atoms with Crippen LogP contribution in [0.4, 0.5) is 16.2 Å². The van der Waals surface area contributed by atoms with Gasteiger partial charge in [0.1, 0.15) is 5.75 Å². The lowest BCUT2D eigenvalue weighted by Gasteiger charge is -2.13. The first kappa shape index (κ1) is 23.5. The molecule has 0 unspecified atom stereocenters. The van der Waals surface area contributed by atoms with Gasteiger partial charge in [0.15, 0.2) is 11.5 Å². The SMILES string of the molecule is COc1cccc(NC(=O)Nc2ccccc2C(=O)NCCc2ccc(OC)c(OC)c2)c1. The molecule has 0 aromatic heterocycles. The van der Waals surface area contributed by atoms with E-state index < -0.39 is 6.03 Å². The quantitative estimate of drug-likeness (QED) is 0.452. The number of hydrogen-bond donors (Lipinski definition) is 3. The number of rotatable bonds is 9. The number of methoxy groups -OCH3 is 3. The predicted molar refractivity (Wildman–Crippen MR) is 128 cm³/mol. The van der Waals surface area contributed by atoms with E-state index in [1.807, 2.05) is 18.2 Å². The molecule has 8 nitrogen and oxygen atoms in total. The van der Waals surface area contributed by atoms with E-state index in [0.717, 1.165) is 5.56 Å². The maximum absolute atomic E-state index is 12.8. The summed E-state index contributed by atoms with van der Waals surface area (Å²) in [6.45, 7) is 0.415. The molecule has 0 atom stereocenters. The Hall–Kier alpha value is -4.20. The third-order valence-corrected chi connectivity index (χ3v) is 4.89. The van der Waals surface area contributed by atoms with Gasteiger partial charge in [-0.1, -0.05) is 24.3 Å². The van der Waals surface area contributed by atoms with E-state index in [-0.39, 0.29) is 5.91 Å². The van der Waals surface area contributed by atoms with Gasteiger partial charge in [0.05, 0.1) is 32.6 Å². The Kier molecular flexibility index (Phi) is 8.13. The van der Waals surface area contributed by atoms with E-state index in [0.29, 0.717) is 47.2 Å². The van der Waals surface area contributed by atoms with Gasteiger partial charge in [-0.2, -0.15) is 0 Å². The molecule has 0 heterocycles. The second kappa shape index (κ2) is 11.4. The molecule has 3 aromatic rings. The predicted octanol–water partition coefficient (Wildman–Crippen LogP) is 4.33. The van der Waals surface area contributed by atoms with E-state index >= 15 is 0 Å². The monoisotopic (exact) mass is 449 g/mol. The lowest BCUT2D eigenvalue weighted by atomic mass is 10.1. The van der Waals surface area contributed by atoms with E-state index in [2.05, 4.69) is 16.0 Å². The summed E-state index contributed by atoms with van der Waals surface area (Å²) in [6, 6.07) is 19.0. The number of para-hydroxylation sites is 1. The highest BCUT2D eigenvalue weighted by atomic mass is 16.5. The molecule has 3 amide bonds. The average molecular weight is 450 g/mol. The van der Waals surface area contributed by atoms with Crippen LogP contribution in [0.5, 0.6) is 17.2 Å². The molecule has 0 saturated carbocycles. The third-order valence-electron chi connectivity index (χ3n) is 4.89. The second-order valence-corrected chi connectivity index (χ2v) is 7.05.